The molecule has 0 aliphatic rings. The minimum atomic E-state index is -1.42. The maximum atomic E-state index is 14.3. The molecule has 0 aliphatic heterocycles. The lowest BCUT2D eigenvalue weighted by atomic mass is 10.1. The normalized spacial score (nSPS) is 12.1. The third-order valence-corrected chi connectivity index (χ3v) is 9.78. The third kappa shape index (κ3) is 4.23. The van der Waals surface area contributed by atoms with Gasteiger partial charge in [-0.3, -0.25) is 0 Å². The zero-order valence-corrected chi connectivity index (χ0v) is 19.9. The molecule has 0 radical (unpaired) electrons. The van der Waals surface area contributed by atoms with Crippen molar-refractivity contribution in [2.75, 3.05) is 7.11 Å². The fourth-order valence-corrected chi connectivity index (χ4v) is 8.31. The summed E-state index contributed by atoms with van der Waals surface area (Å²) in [5, 5.41) is 5.56. The van der Waals surface area contributed by atoms with Crippen LogP contribution in [0.2, 0.25) is 0 Å². The predicted octanol–water partition coefficient (Wildman–Crippen LogP) is 5.77. The fourth-order valence-electron chi connectivity index (χ4n) is 4.06. The van der Waals surface area contributed by atoms with Crippen LogP contribution in [-0.2, 0) is 10.8 Å². The second-order valence-corrected chi connectivity index (χ2v) is 11.1. The van der Waals surface area contributed by atoms with Gasteiger partial charge in [-0.2, -0.15) is 0 Å². The Morgan fingerprint density at radius 1 is 0.636 bits per heavy atom. The van der Waals surface area contributed by atoms with E-state index in [2.05, 4.69) is 54.6 Å². The van der Waals surface area contributed by atoms with Gasteiger partial charge in [0.1, 0.15) is 5.75 Å². The summed E-state index contributed by atoms with van der Waals surface area (Å²) >= 11 is 0. The highest BCUT2D eigenvalue weighted by atomic mass is 32.2. The monoisotopic (exact) mass is 466 g/mol. The number of hydrogen-bond donors (Lipinski definition) is 0. The van der Waals surface area contributed by atoms with E-state index >= 15 is 0 Å². The Hall–Kier alpha value is -3.26. The summed E-state index contributed by atoms with van der Waals surface area (Å²) in [6, 6.07) is 41.1. The molecule has 0 spiro atoms. The van der Waals surface area contributed by atoms with Crippen LogP contribution >= 0.6 is 7.92 Å². The first-order chi connectivity index (χ1) is 16.3. The highest BCUT2D eigenvalue weighted by Gasteiger charge is 2.25. The van der Waals surface area contributed by atoms with Crippen molar-refractivity contribution in [2.24, 2.45) is 0 Å². The standard InChI is InChI=1S/C29H23O2PS/c1-31-26-21-20-22-12-8-9-17-25(22)29(26)33(30)28-19-11-10-18-27(28)32(23-13-4-2-5-14-23)24-15-6-3-7-16-24/h2-21H,1H3. The molecule has 33 heavy (non-hydrogen) atoms. The Balaban J connectivity index is 1.73. The second-order valence-electron chi connectivity index (χ2n) is 7.56. The predicted molar refractivity (Wildman–Crippen MR) is 140 cm³/mol. The lowest BCUT2D eigenvalue weighted by Gasteiger charge is -2.22. The number of benzene rings is 5. The smallest absolute Gasteiger partial charge is 0.136 e. The molecule has 2 nitrogen and oxygen atoms in total. The van der Waals surface area contributed by atoms with Crippen LogP contribution in [0.1, 0.15) is 0 Å². The number of rotatable bonds is 6. The van der Waals surface area contributed by atoms with E-state index in [-0.39, 0.29) is 0 Å². The van der Waals surface area contributed by atoms with Crippen LogP contribution in [0.4, 0.5) is 0 Å². The molecule has 5 rings (SSSR count). The van der Waals surface area contributed by atoms with Crippen molar-refractivity contribution in [2.45, 2.75) is 9.79 Å². The van der Waals surface area contributed by atoms with Crippen LogP contribution in [0, 0.1) is 0 Å². The van der Waals surface area contributed by atoms with E-state index in [1.54, 1.807) is 7.11 Å². The molecule has 0 saturated carbocycles. The first-order valence-electron chi connectivity index (χ1n) is 10.7. The molecule has 4 heteroatoms. The largest absolute Gasteiger partial charge is 0.495 e. The van der Waals surface area contributed by atoms with Crippen molar-refractivity contribution >= 4 is 45.4 Å². The maximum absolute atomic E-state index is 14.3. The van der Waals surface area contributed by atoms with Crippen molar-refractivity contribution < 1.29 is 8.95 Å². The highest BCUT2D eigenvalue weighted by Crippen LogP contribution is 2.38. The van der Waals surface area contributed by atoms with Gasteiger partial charge in [0.25, 0.3) is 0 Å². The molecular weight excluding hydrogens is 443 g/mol. The molecule has 0 amide bonds. The lowest BCUT2D eigenvalue weighted by molar-refractivity contribution is 0.405. The van der Waals surface area contributed by atoms with Gasteiger partial charge in [0.05, 0.1) is 27.7 Å². The van der Waals surface area contributed by atoms with E-state index in [1.807, 2.05) is 66.7 Å². The molecule has 0 aromatic heterocycles. The van der Waals surface area contributed by atoms with Gasteiger partial charge in [-0.25, -0.2) is 4.21 Å². The molecule has 0 heterocycles. The molecular formula is C29H23O2PS. The van der Waals surface area contributed by atoms with Gasteiger partial charge in [0.2, 0.25) is 0 Å². The molecule has 1 atom stereocenters. The first kappa shape index (κ1) is 21.6. The minimum Gasteiger partial charge on any atom is -0.495 e. The lowest BCUT2D eigenvalue weighted by Crippen LogP contribution is -2.23. The number of ether oxygens (including phenoxy) is 1. The Bertz CT molecular complexity index is 1380. The third-order valence-electron chi connectivity index (χ3n) is 5.58. The van der Waals surface area contributed by atoms with E-state index in [0.717, 1.165) is 25.9 Å². The van der Waals surface area contributed by atoms with Crippen LogP contribution in [0.25, 0.3) is 10.8 Å². The van der Waals surface area contributed by atoms with Gasteiger partial charge in [-0.15, -0.1) is 0 Å². The average molecular weight is 467 g/mol. The SMILES string of the molecule is COc1ccc2ccccc2c1S(=O)c1ccccc1P(c1ccccc1)c1ccccc1. The summed E-state index contributed by atoms with van der Waals surface area (Å²) in [6.07, 6.45) is 0. The van der Waals surface area contributed by atoms with Gasteiger partial charge in [-0.1, -0.05) is 109 Å². The molecule has 0 bridgehead atoms. The van der Waals surface area contributed by atoms with Crippen molar-refractivity contribution in [3.05, 3.63) is 121 Å². The van der Waals surface area contributed by atoms with Gasteiger partial charge < -0.3 is 4.74 Å². The Kier molecular flexibility index (Phi) is 6.35. The highest BCUT2D eigenvalue weighted by molar-refractivity contribution is 7.87. The summed E-state index contributed by atoms with van der Waals surface area (Å²) < 4.78 is 19.9. The summed E-state index contributed by atoms with van der Waals surface area (Å²) in [5.41, 5.74) is 0. The Labute approximate surface area is 198 Å². The first-order valence-corrected chi connectivity index (χ1v) is 13.2. The van der Waals surface area contributed by atoms with Crippen LogP contribution in [0.5, 0.6) is 5.75 Å². The Morgan fingerprint density at radius 2 is 1.21 bits per heavy atom. The molecule has 1 unspecified atom stereocenters. The van der Waals surface area contributed by atoms with E-state index in [1.165, 1.54) is 10.6 Å². The summed E-state index contributed by atoms with van der Waals surface area (Å²) in [6.45, 7) is 0. The van der Waals surface area contributed by atoms with Gasteiger partial charge >= 0.3 is 0 Å². The molecule has 0 N–H and O–H groups in total. The topological polar surface area (TPSA) is 26.3 Å². The van der Waals surface area contributed by atoms with Crippen molar-refractivity contribution in [1.29, 1.82) is 0 Å². The molecule has 162 valence electrons. The van der Waals surface area contributed by atoms with Gasteiger partial charge in [0, 0.05) is 10.7 Å². The summed E-state index contributed by atoms with van der Waals surface area (Å²) in [5.74, 6) is 0.644. The minimum absolute atomic E-state index is 0.644. The zero-order chi connectivity index (χ0) is 22.6. The molecule has 0 aliphatic carbocycles. The van der Waals surface area contributed by atoms with Crippen LogP contribution in [0.3, 0.4) is 0 Å². The quantitative estimate of drug-likeness (QED) is 0.297. The van der Waals surface area contributed by atoms with E-state index in [0.29, 0.717) is 5.75 Å². The van der Waals surface area contributed by atoms with E-state index < -0.39 is 18.7 Å². The van der Waals surface area contributed by atoms with Crippen LogP contribution < -0.4 is 20.7 Å². The summed E-state index contributed by atoms with van der Waals surface area (Å²) in [4.78, 5) is 1.55. The molecule has 5 aromatic carbocycles. The van der Waals surface area contributed by atoms with Crippen LogP contribution in [-0.4, -0.2) is 11.3 Å². The van der Waals surface area contributed by atoms with E-state index in [4.69, 9.17) is 4.74 Å². The van der Waals surface area contributed by atoms with Gasteiger partial charge in [0.15, 0.2) is 0 Å². The maximum Gasteiger partial charge on any atom is 0.136 e. The second kappa shape index (κ2) is 9.70. The summed E-state index contributed by atoms with van der Waals surface area (Å²) in [7, 11) is -0.665. The number of hydrogen-bond acceptors (Lipinski definition) is 2. The molecule has 5 aromatic rings. The number of fused-ring (bicyclic) bond motifs is 1. The average Bonchev–Trinajstić information content (AvgIpc) is 2.89. The van der Waals surface area contributed by atoms with Crippen LogP contribution in [0.15, 0.2) is 131 Å². The van der Waals surface area contributed by atoms with Gasteiger partial charge in [-0.05, 0) is 36.0 Å². The van der Waals surface area contributed by atoms with Crippen molar-refractivity contribution in [3.63, 3.8) is 0 Å². The zero-order valence-electron chi connectivity index (χ0n) is 18.2. The van der Waals surface area contributed by atoms with Crippen molar-refractivity contribution in [3.8, 4) is 5.75 Å². The molecule has 0 saturated heterocycles. The van der Waals surface area contributed by atoms with E-state index in [9.17, 15) is 4.21 Å². The Morgan fingerprint density at radius 3 is 1.88 bits per heavy atom. The van der Waals surface area contributed by atoms with Crippen molar-refractivity contribution in [1.82, 2.24) is 0 Å². The molecule has 0 fully saturated rings. The number of methoxy groups -OCH3 is 1. The fraction of sp³-hybridized carbons (Fsp3) is 0.0345.